The summed E-state index contributed by atoms with van der Waals surface area (Å²) in [4.78, 5) is 16.3. The van der Waals surface area contributed by atoms with Crippen molar-refractivity contribution in [2.24, 2.45) is 7.05 Å². The highest BCUT2D eigenvalue weighted by molar-refractivity contribution is 5.88. The van der Waals surface area contributed by atoms with E-state index in [4.69, 9.17) is 4.74 Å². The molecule has 0 spiro atoms. The van der Waals surface area contributed by atoms with Crippen LogP contribution in [0, 0.1) is 0 Å². The third kappa shape index (κ3) is 2.67. The quantitative estimate of drug-likeness (QED) is 0.866. The monoisotopic (exact) mass is 291 g/mol. The molecule has 9 nitrogen and oxygen atoms in total. The van der Waals surface area contributed by atoms with E-state index in [-0.39, 0.29) is 12.1 Å². The number of carbonyl (C=O) groups excluding carboxylic acids is 1. The number of nitrogens with zero attached hydrogens (tertiary/aromatic N) is 5. The predicted octanol–water partition coefficient (Wildman–Crippen LogP) is 0.677. The summed E-state index contributed by atoms with van der Waals surface area (Å²) < 4.78 is 8.38. The molecule has 0 saturated carbocycles. The normalized spacial score (nSPS) is 17.1. The standard InChI is InChI=1S/C12H17N7O2/c1-18-9(6-10(17-18)21-2)16-12(20)15-8-4-3-5-19-11(8)13-7-14-19/h6-8H,3-5H2,1-2H3,(H2,15,16,20). The topological polar surface area (TPSA) is 98.9 Å². The highest BCUT2D eigenvalue weighted by atomic mass is 16.5. The number of rotatable bonds is 3. The van der Waals surface area contributed by atoms with E-state index in [9.17, 15) is 4.79 Å². The van der Waals surface area contributed by atoms with Crippen LogP contribution in [0.4, 0.5) is 10.6 Å². The van der Waals surface area contributed by atoms with Crippen LogP contribution in [0.1, 0.15) is 24.7 Å². The van der Waals surface area contributed by atoms with Crippen molar-refractivity contribution in [3.63, 3.8) is 0 Å². The first-order valence-electron chi connectivity index (χ1n) is 6.70. The van der Waals surface area contributed by atoms with Crippen molar-refractivity contribution in [2.45, 2.75) is 25.4 Å². The maximum atomic E-state index is 12.1. The molecule has 2 aromatic rings. The lowest BCUT2D eigenvalue weighted by atomic mass is 10.1. The number of hydrogen-bond acceptors (Lipinski definition) is 5. The summed E-state index contributed by atoms with van der Waals surface area (Å²) in [6.45, 7) is 0.841. The van der Waals surface area contributed by atoms with Crippen LogP contribution in [0.25, 0.3) is 0 Å². The molecule has 0 aromatic carbocycles. The third-order valence-corrected chi connectivity index (χ3v) is 3.43. The van der Waals surface area contributed by atoms with Gasteiger partial charge in [0.25, 0.3) is 0 Å². The Bertz CT molecular complexity index is 648. The molecular formula is C12H17N7O2. The molecule has 0 aliphatic carbocycles. The predicted molar refractivity (Wildman–Crippen MR) is 73.9 cm³/mol. The second-order valence-corrected chi connectivity index (χ2v) is 4.83. The van der Waals surface area contributed by atoms with Gasteiger partial charge in [0.15, 0.2) is 0 Å². The van der Waals surface area contributed by atoms with Gasteiger partial charge >= 0.3 is 6.03 Å². The molecule has 2 aromatic heterocycles. The van der Waals surface area contributed by atoms with Crippen molar-refractivity contribution < 1.29 is 9.53 Å². The van der Waals surface area contributed by atoms with Gasteiger partial charge < -0.3 is 10.1 Å². The van der Waals surface area contributed by atoms with E-state index in [2.05, 4.69) is 25.8 Å². The molecule has 0 saturated heterocycles. The average Bonchev–Trinajstić information content (AvgIpc) is 3.06. The number of aryl methyl sites for hydroxylation is 2. The molecule has 0 bridgehead atoms. The fraction of sp³-hybridized carbons (Fsp3) is 0.500. The van der Waals surface area contributed by atoms with E-state index in [0.29, 0.717) is 11.7 Å². The molecule has 3 heterocycles. The minimum atomic E-state index is -0.304. The van der Waals surface area contributed by atoms with Gasteiger partial charge in [0.05, 0.1) is 13.2 Å². The summed E-state index contributed by atoms with van der Waals surface area (Å²) in [6.07, 6.45) is 3.32. The molecule has 112 valence electrons. The average molecular weight is 291 g/mol. The van der Waals surface area contributed by atoms with Crippen LogP contribution < -0.4 is 15.4 Å². The maximum Gasteiger partial charge on any atom is 0.320 e. The number of urea groups is 1. The third-order valence-electron chi connectivity index (χ3n) is 3.43. The number of fused-ring (bicyclic) bond motifs is 1. The van der Waals surface area contributed by atoms with E-state index in [0.717, 1.165) is 25.2 Å². The van der Waals surface area contributed by atoms with E-state index in [1.54, 1.807) is 17.8 Å². The van der Waals surface area contributed by atoms with Gasteiger partial charge in [0.1, 0.15) is 18.0 Å². The summed E-state index contributed by atoms with van der Waals surface area (Å²) >= 11 is 0. The van der Waals surface area contributed by atoms with Crippen LogP contribution in [0.2, 0.25) is 0 Å². The second-order valence-electron chi connectivity index (χ2n) is 4.83. The van der Waals surface area contributed by atoms with Crippen LogP contribution in [-0.4, -0.2) is 37.7 Å². The molecule has 0 fully saturated rings. The Hall–Kier alpha value is -2.58. The lowest BCUT2D eigenvalue weighted by Gasteiger charge is -2.23. The lowest BCUT2D eigenvalue weighted by Crippen LogP contribution is -2.36. The molecule has 3 rings (SSSR count). The van der Waals surface area contributed by atoms with Crippen molar-refractivity contribution in [3.05, 3.63) is 18.2 Å². The van der Waals surface area contributed by atoms with Crippen LogP contribution in [-0.2, 0) is 13.6 Å². The Kier molecular flexibility index (Phi) is 3.46. The first-order chi connectivity index (χ1) is 10.2. The Morgan fingerprint density at radius 1 is 1.52 bits per heavy atom. The van der Waals surface area contributed by atoms with Crippen molar-refractivity contribution in [3.8, 4) is 5.88 Å². The first kappa shape index (κ1) is 13.4. The first-order valence-corrected chi connectivity index (χ1v) is 6.70. The number of methoxy groups -OCH3 is 1. The summed E-state index contributed by atoms with van der Waals surface area (Å²) in [6, 6.07) is 1.22. The SMILES string of the molecule is COc1cc(NC(=O)NC2CCCn3ncnc32)n(C)n1. The Morgan fingerprint density at radius 3 is 3.14 bits per heavy atom. The number of carbonyl (C=O) groups is 1. The highest BCUT2D eigenvalue weighted by Crippen LogP contribution is 2.22. The minimum Gasteiger partial charge on any atom is -0.480 e. The van der Waals surface area contributed by atoms with E-state index in [1.807, 2.05) is 4.68 Å². The van der Waals surface area contributed by atoms with Gasteiger partial charge in [-0.05, 0) is 12.8 Å². The molecule has 0 radical (unpaired) electrons. The zero-order valence-electron chi connectivity index (χ0n) is 11.9. The zero-order chi connectivity index (χ0) is 14.8. The van der Waals surface area contributed by atoms with Crippen molar-refractivity contribution in [2.75, 3.05) is 12.4 Å². The molecular weight excluding hydrogens is 274 g/mol. The van der Waals surface area contributed by atoms with E-state index >= 15 is 0 Å². The summed E-state index contributed by atoms with van der Waals surface area (Å²) in [5.41, 5.74) is 0. The van der Waals surface area contributed by atoms with Gasteiger partial charge in [-0.15, -0.1) is 5.10 Å². The molecule has 21 heavy (non-hydrogen) atoms. The summed E-state index contributed by atoms with van der Waals surface area (Å²) in [7, 11) is 3.26. The number of hydrogen-bond donors (Lipinski definition) is 2. The highest BCUT2D eigenvalue weighted by Gasteiger charge is 2.24. The molecule has 9 heteroatoms. The Morgan fingerprint density at radius 2 is 2.38 bits per heavy atom. The smallest absolute Gasteiger partial charge is 0.320 e. The van der Waals surface area contributed by atoms with Gasteiger partial charge in [-0.2, -0.15) is 5.10 Å². The number of anilines is 1. The summed E-state index contributed by atoms with van der Waals surface area (Å²) in [5.74, 6) is 1.80. The second kappa shape index (κ2) is 5.43. The minimum absolute atomic E-state index is 0.128. The molecule has 1 atom stereocenters. The molecule has 1 unspecified atom stereocenters. The van der Waals surface area contributed by atoms with Gasteiger partial charge in [0, 0.05) is 19.7 Å². The van der Waals surface area contributed by atoms with Crippen LogP contribution >= 0.6 is 0 Å². The van der Waals surface area contributed by atoms with Crippen molar-refractivity contribution in [1.82, 2.24) is 29.9 Å². The van der Waals surface area contributed by atoms with Crippen molar-refractivity contribution in [1.29, 1.82) is 0 Å². The lowest BCUT2D eigenvalue weighted by molar-refractivity contribution is 0.244. The van der Waals surface area contributed by atoms with Crippen molar-refractivity contribution >= 4 is 11.8 Å². The zero-order valence-corrected chi connectivity index (χ0v) is 11.9. The van der Waals surface area contributed by atoms with Crippen LogP contribution in [0.3, 0.4) is 0 Å². The number of amides is 2. The fourth-order valence-electron chi connectivity index (χ4n) is 2.39. The summed E-state index contributed by atoms with van der Waals surface area (Å²) in [5, 5.41) is 13.9. The van der Waals surface area contributed by atoms with Gasteiger partial charge in [-0.25, -0.2) is 19.1 Å². The van der Waals surface area contributed by atoms with Gasteiger partial charge in [0.2, 0.25) is 5.88 Å². The van der Waals surface area contributed by atoms with Gasteiger partial charge in [-0.3, -0.25) is 5.32 Å². The van der Waals surface area contributed by atoms with E-state index < -0.39 is 0 Å². The number of aromatic nitrogens is 5. The van der Waals surface area contributed by atoms with Gasteiger partial charge in [-0.1, -0.05) is 0 Å². The number of ether oxygens (including phenoxy) is 1. The molecule has 2 N–H and O–H groups in total. The molecule has 2 amide bonds. The van der Waals surface area contributed by atoms with Crippen LogP contribution in [0.5, 0.6) is 5.88 Å². The molecule has 1 aliphatic heterocycles. The maximum absolute atomic E-state index is 12.1. The fourth-order valence-corrected chi connectivity index (χ4v) is 2.39. The Labute approximate surface area is 121 Å². The van der Waals surface area contributed by atoms with E-state index in [1.165, 1.54) is 13.4 Å². The molecule has 1 aliphatic rings. The largest absolute Gasteiger partial charge is 0.480 e. The Balaban J connectivity index is 1.66. The number of nitrogens with one attached hydrogen (secondary N) is 2. The van der Waals surface area contributed by atoms with Crippen LogP contribution in [0.15, 0.2) is 12.4 Å².